The third-order valence-corrected chi connectivity index (χ3v) is 3.00. The Morgan fingerprint density at radius 1 is 1.29 bits per heavy atom. The molecule has 0 saturated carbocycles. The molecule has 0 aromatic heterocycles. The Morgan fingerprint density at radius 3 is 2.86 bits per heavy atom. The predicted octanol–water partition coefficient (Wildman–Crippen LogP) is 2.94. The second kappa shape index (κ2) is 3.50. The Kier molecular flexibility index (Phi) is 2.33. The summed E-state index contributed by atoms with van der Waals surface area (Å²) in [6.45, 7) is 3.99. The molecule has 0 aliphatic carbocycles. The third kappa shape index (κ3) is 1.82. The molecule has 1 amide bonds. The van der Waals surface area contributed by atoms with Gasteiger partial charge in [0.1, 0.15) is 0 Å². The summed E-state index contributed by atoms with van der Waals surface area (Å²) in [5.74, 6) is -0.0439. The fraction of sp³-hybridized carbons (Fsp3) is 0.182. The molecular formula is C11H11NOS. The molecule has 0 spiro atoms. The highest BCUT2D eigenvalue weighted by Gasteiger charge is 2.11. The van der Waals surface area contributed by atoms with Gasteiger partial charge in [0.25, 0.3) is 0 Å². The van der Waals surface area contributed by atoms with E-state index in [0.717, 1.165) is 15.5 Å². The van der Waals surface area contributed by atoms with E-state index in [1.165, 1.54) is 5.56 Å². The van der Waals surface area contributed by atoms with E-state index in [4.69, 9.17) is 0 Å². The summed E-state index contributed by atoms with van der Waals surface area (Å²) >= 11 is 1.63. The second-order valence-corrected chi connectivity index (χ2v) is 4.63. The fourth-order valence-corrected chi connectivity index (χ4v) is 2.36. The number of carbonyl (C=O) groups is 1. The summed E-state index contributed by atoms with van der Waals surface area (Å²) < 4.78 is 0. The number of fused-ring (bicyclic) bond motifs is 1. The minimum absolute atomic E-state index is 0.0439. The van der Waals surface area contributed by atoms with E-state index in [2.05, 4.69) is 11.4 Å². The average Bonchev–Trinajstić information content (AvgIpc) is 2.21. The number of carbonyl (C=O) groups excluding carboxylic acids is 1. The van der Waals surface area contributed by atoms with Crippen molar-refractivity contribution in [3.05, 3.63) is 34.7 Å². The Morgan fingerprint density at radius 2 is 2.07 bits per heavy atom. The molecule has 0 fully saturated rings. The molecule has 0 atom stereocenters. The normalized spacial score (nSPS) is 15.3. The minimum Gasteiger partial charge on any atom is -0.321 e. The second-order valence-electron chi connectivity index (χ2n) is 3.35. The molecular weight excluding hydrogens is 194 g/mol. The number of nitrogens with one attached hydrogen (secondary N) is 1. The van der Waals surface area contributed by atoms with E-state index in [0.29, 0.717) is 0 Å². The van der Waals surface area contributed by atoms with Gasteiger partial charge >= 0.3 is 0 Å². The van der Waals surface area contributed by atoms with E-state index in [-0.39, 0.29) is 5.91 Å². The minimum atomic E-state index is -0.0439. The largest absolute Gasteiger partial charge is 0.321 e. The van der Waals surface area contributed by atoms with Crippen LogP contribution in [0, 0.1) is 6.92 Å². The Bertz CT molecular complexity index is 423. The van der Waals surface area contributed by atoms with Gasteiger partial charge in [0, 0.05) is 11.0 Å². The van der Waals surface area contributed by atoms with Crippen LogP contribution in [-0.2, 0) is 4.79 Å². The van der Waals surface area contributed by atoms with Gasteiger partial charge in [-0.15, -0.1) is 0 Å². The van der Waals surface area contributed by atoms with E-state index >= 15 is 0 Å². The molecule has 0 saturated heterocycles. The first-order valence-electron chi connectivity index (χ1n) is 4.43. The van der Waals surface area contributed by atoms with Crippen molar-refractivity contribution < 1.29 is 4.79 Å². The van der Waals surface area contributed by atoms with Crippen LogP contribution in [0.3, 0.4) is 0 Å². The first kappa shape index (κ1) is 9.34. The maximum absolute atomic E-state index is 11.3. The van der Waals surface area contributed by atoms with Gasteiger partial charge in [-0.1, -0.05) is 17.8 Å². The van der Waals surface area contributed by atoms with Crippen LogP contribution in [0.2, 0.25) is 0 Å². The number of allylic oxidation sites excluding steroid dienone is 1. The van der Waals surface area contributed by atoms with Gasteiger partial charge in [0.05, 0.1) is 5.69 Å². The van der Waals surface area contributed by atoms with E-state index in [1.807, 2.05) is 26.0 Å². The van der Waals surface area contributed by atoms with Crippen molar-refractivity contribution in [3.8, 4) is 0 Å². The molecule has 1 aliphatic rings. The highest BCUT2D eigenvalue weighted by molar-refractivity contribution is 8.03. The molecule has 1 aromatic carbocycles. The van der Waals surface area contributed by atoms with Crippen molar-refractivity contribution in [2.24, 2.45) is 0 Å². The highest BCUT2D eigenvalue weighted by Crippen LogP contribution is 2.35. The van der Waals surface area contributed by atoms with Gasteiger partial charge in [-0.25, -0.2) is 0 Å². The first-order valence-corrected chi connectivity index (χ1v) is 5.24. The Balaban J connectivity index is 2.48. The van der Waals surface area contributed by atoms with Crippen molar-refractivity contribution in [1.82, 2.24) is 0 Å². The Labute approximate surface area is 87.4 Å². The van der Waals surface area contributed by atoms with Crippen molar-refractivity contribution in [2.45, 2.75) is 18.7 Å². The number of hydrogen-bond donors (Lipinski definition) is 1. The van der Waals surface area contributed by atoms with Crippen LogP contribution in [0.4, 0.5) is 5.69 Å². The molecule has 2 rings (SSSR count). The Hall–Kier alpha value is -1.22. The van der Waals surface area contributed by atoms with Crippen LogP contribution in [-0.4, -0.2) is 5.91 Å². The van der Waals surface area contributed by atoms with Crippen LogP contribution < -0.4 is 5.32 Å². The summed E-state index contributed by atoms with van der Waals surface area (Å²) in [7, 11) is 0. The predicted molar refractivity (Wildman–Crippen MR) is 59.4 cm³/mol. The molecule has 1 heterocycles. The lowest BCUT2D eigenvalue weighted by Crippen LogP contribution is -2.07. The number of hydrogen-bond acceptors (Lipinski definition) is 2. The van der Waals surface area contributed by atoms with Gasteiger partial charge < -0.3 is 5.32 Å². The van der Waals surface area contributed by atoms with Crippen molar-refractivity contribution in [1.29, 1.82) is 0 Å². The van der Waals surface area contributed by atoms with E-state index in [9.17, 15) is 4.79 Å². The monoisotopic (exact) mass is 205 g/mol. The summed E-state index contributed by atoms with van der Waals surface area (Å²) in [5.41, 5.74) is 2.11. The van der Waals surface area contributed by atoms with Crippen LogP contribution >= 0.6 is 11.8 Å². The van der Waals surface area contributed by atoms with Crippen molar-refractivity contribution in [2.75, 3.05) is 5.32 Å². The summed E-state index contributed by atoms with van der Waals surface area (Å²) in [4.78, 5) is 13.5. The van der Waals surface area contributed by atoms with Gasteiger partial charge in [0.15, 0.2) is 0 Å². The molecule has 1 aliphatic heterocycles. The molecule has 0 radical (unpaired) electrons. The van der Waals surface area contributed by atoms with Gasteiger partial charge in [-0.05, 0) is 36.4 Å². The lowest BCUT2D eigenvalue weighted by Gasteiger charge is -2.06. The van der Waals surface area contributed by atoms with Gasteiger partial charge in [-0.2, -0.15) is 0 Å². The fourth-order valence-electron chi connectivity index (χ4n) is 1.37. The van der Waals surface area contributed by atoms with Crippen LogP contribution in [0.5, 0.6) is 0 Å². The summed E-state index contributed by atoms with van der Waals surface area (Å²) in [6.07, 6.45) is 1.62. The smallest absolute Gasteiger partial charge is 0.249 e. The van der Waals surface area contributed by atoms with Crippen molar-refractivity contribution >= 4 is 23.4 Å². The number of benzene rings is 1. The van der Waals surface area contributed by atoms with Gasteiger partial charge in [-0.3, -0.25) is 4.79 Å². The van der Waals surface area contributed by atoms with Crippen molar-refractivity contribution in [3.63, 3.8) is 0 Å². The maximum Gasteiger partial charge on any atom is 0.249 e. The number of aryl methyl sites for hydroxylation is 1. The summed E-state index contributed by atoms with van der Waals surface area (Å²) in [6, 6.07) is 6.03. The number of thioether (sulfide) groups is 1. The third-order valence-electron chi connectivity index (χ3n) is 2.00. The zero-order valence-corrected chi connectivity index (χ0v) is 8.94. The summed E-state index contributed by atoms with van der Waals surface area (Å²) in [5, 5.41) is 2.84. The number of amides is 1. The first-order chi connectivity index (χ1) is 6.65. The lowest BCUT2D eigenvalue weighted by molar-refractivity contribution is -0.111. The zero-order valence-electron chi connectivity index (χ0n) is 8.13. The molecule has 0 bridgehead atoms. The maximum atomic E-state index is 11.3. The molecule has 1 N–H and O–H groups in total. The SMILES string of the molecule is CC1=CC(=O)Nc2ccc(C)cc2S1. The molecule has 2 nitrogen and oxygen atoms in total. The standard InChI is InChI=1S/C11H11NOS/c1-7-3-4-9-10(5-7)14-8(2)6-11(13)12-9/h3-6H,1-2H3,(H,12,13). The lowest BCUT2D eigenvalue weighted by atomic mass is 10.2. The zero-order chi connectivity index (χ0) is 10.1. The van der Waals surface area contributed by atoms with Crippen LogP contribution in [0.1, 0.15) is 12.5 Å². The van der Waals surface area contributed by atoms with E-state index < -0.39 is 0 Å². The molecule has 14 heavy (non-hydrogen) atoms. The van der Waals surface area contributed by atoms with E-state index in [1.54, 1.807) is 17.8 Å². The average molecular weight is 205 g/mol. The highest BCUT2D eigenvalue weighted by atomic mass is 32.2. The molecule has 3 heteroatoms. The number of rotatable bonds is 0. The molecule has 1 aromatic rings. The number of anilines is 1. The molecule has 72 valence electrons. The topological polar surface area (TPSA) is 29.1 Å². The molecule has 0 unspecified atom stereocenters. The van der Waals surface area contributed by atoms with Crippen LogP contribution in [0.25, 0.3) is 0 Å². The van der Waals surface area contributed by atoms with Crippen LogP contribution in [0.15, 0.2) is 34.1 Å². The quantitative estimate of drug-likeness (QED) is 0.705. The van der Waals surface area contributed by atoms with Gasteiger partial charge in [0.2, 0.25) is 5.91 Å².